The van der Waals surface area contributed by atoms with E-state index in [1.165, 1.54) is 17.4 Å². The minimum atomic E-state index is -0.281. The van der Waals surface area contributed by atoms with E-state index in [0.717, 1.165) is 26.6 Å². The molecule has 0 fully saturated rings. The Morgan fingerprint density at radius 1 is 1.03 bits per heavy atom. The molecule has 5 rings (SSSR count). The number of nitrogens with zero attached hydrogens (tertiary/aromatic N) is 2. The number of rotatable bonds is 4. The van der Waals surface area contributed by atoms with E-state index < -0.39 is 0 Å². The van der Waals surface area contributed by atoms with Crippen LogP contribution in [0, 0.1) is 13.8 Å². The standard InChI is InChI=1S/C24H17N3O3S2/c1-13-10-14(2)21-17(11-13)18(28)12-19(30-21)15-5-7-16(8-6-15)22(29)25-24-27-26-23(32-24)20-4-3-9-31-20/h3-12H,1-2H3,(H,25,27,29). The third-order valence-electron chi connectivity index (χ3n) is 4.97. The Kier molecular flexibility index (Phi) is 5.16. The highest BCUT2D eigenvalue weighted by atomic mass is 32.1. The molecular weight excluding hydrogens is 442 g/mol. The summed E-state index contributed by atoms with van der Waals surface area (Å²) in [5.41, 5.74) is 3.61. The molecule has 0 radical (unpaired) electrons. The Hall–Kier alpha value is -3.62. The van der Waals surface area contributed by atoms with Gasteiger partial charge in [0.05, 0.1) is 10.3 Å². The minimum absolute atomic E-state index is 0.0901. The maximum Gasteiger partial charge on any atom is 0.257 e. The van der Waals surface area contributed by atoms with Crippen molar-refractivity contribution in [1.29, 1.82) is 0 Å². The van der Waals surface area contributed by atoms with Crippen molar-refractivity contribution in [3.63, 3.8) is 0 Å². The van der Waals surface area contributed by atoms with E-state index in [4.69, 9.17) is 4.42 Å². The summed E-state index contributed by atoms with van der Waals surface area (Å²) in [6, 6.07) is 16.1. The van der Waals surface area contributed by atoms with E-state index in [9.17, 15) is 9.59 Å². The van der Waals surface area contributed by atoms with E-state index in [-0.39, 0.29) is 11.3 Å². The topological polar surface area (TPSA) is 85.1 Å². The maximum absolute atomic E-state index is 12.6. The molecule has 158 valence electrons. The monoisotopic (exact) mass is 459 g/mol. The molecule has 32 heavy (non-hydrogen) atoms. The molecule has 0 spiro atoms. The van der Waals surface area contributed by atoms with Gasteiger partial charge in [0, 0.05) is 17.2 Å². The Morgan fingerprint density at radius 2 is 1.84 bits per heavy atom. The zero-order valence-corrected chi connectivity index (χ0v) is 18.8. The Balaban J connectivity index is 1.38. The van der Waals surface area contributed by atoms with Crippen LogP contribution < -0.4 is 10.7 Å². The highest BCUT2D eigenvalue weighted by Gasteiger charge is 2.14. The number of amides is 1. The van der Waals surface area contributed by atoms with Gasteiger partial charge in [0.25, 0.3) is 5.91 Å². The van der Waals surface area contributed by atoms with E-state index in [1.54, 1.807) is 35.6 Å². The van der Waals surface area contributed by atoms with Crippen molar-refractivity contribution in [2.45, 2.75) is 13.8 Å². The average molecular weight is 460 g/mol. The second kappa shape index (κ2) is 8.14. The second-order valence-electron chi connectivity index (χ2n) is 7.35. The number of anilines is 1. The predicted molar refractivity (Wildman–Crippen MR) is 129 cm³/mol. The van der Waals surface area contributed by atoms with Gasteiger partial charge in [0.2, 0.25) is 5.13 Å². The van der Waals surface area contributed by atoms with Gasteiger partial charge in [-0.1, -0.05) is 35.6 Å². The summed E-state index contributed by atoms with van der Waals surface area (Å²) < 4.78 is 6.03. The smallest absolute Gasteiger partial charge is 0.257 e. The van der Waals surface area contributed by atoms with Crippen LogP contribution in [0.25, 0.3) is 32.2 Å². The highest BCUT2D eigenvalue weighted by molar-refractivity contribution is 7.23. The largest absolute Gasteiger partial charge is 0.456 e. The van der Waals surface area contributed by atoms with Crippen LogP contribution in [0.3, 0.4) is 0 Å². The quantitative estimate of drug-likeness (QED) is 0.361. The van der Waals surface area contributed by atoms with Crippen LogP contribution in [0.5, 0.6) is 0 Å². The van der Waals surface area contributed by atoms with Crippen molar-refractivity contribution in [3.8, 4) is 21.2 Å². The zero-order valence-electron chi connectivity index (χ0n) is 17.2. The molecule has 0 unspecified atom stereocenters. The molecule has 6 nitrogen and oxygen atoms in total. The van der Waals surface area contributed by atoms with Gasteiger partial charge in [-0.3, -0.25) is 14.9 Å². The van der Waals surface area contributed by atoms with Gasteiger partial charge >= 0.3 is 0 Å². The lowest BCUT2D eigenvalue weighted by molar-refractivity contribution is 0.102. The van der Waals surface area contributed by atoms with Crippen molar-refractivity contribution in [2.75, 3.05) is 5.32 Å². The van der Waals surface area contributed by atoms with Gasteiger partial charge in [-0.05, 0) is 54.6 Å². The second-order valence-corrected chi connectivity index (χ2v) is 9.28. The van der Waals surface area contributed by atoms with Crippen LogP contribution in [0.2, 0.25) is 0 Å². The van der Waals surface area contributed by atoms with Crippen molar-refractivity contribution < 1.29 is 9.21 Å². The number of hydrogen-bond acceptors (Lipinski definition) is 7. The van der Waals surface area contributed by atoms with E-state index in [1.807, 2.05) is 43.5 Å². The number of nitrogens with one attached hydrogen (secondary N) is 1. The van der Waals surface area contributed by atoms with Crippen LogP contribution in [-0.2, 0) is 0 Å². The zero-order chi connectivity index (χ0) is 22.2. The van der Waals surface area contributed by atoms with E-state index in [0.29, 0.717) is 27.4 Å². The van der Waals surface area contributed by atoms with Crippen LogP contribution in [0.1, 0.15) is 21.5 Å². The summed E-state index contributed by atoms with van der Waals surface area (Å²) in [6.07, 6.45) is 0. The highest BCUT2D eigenvalue weighted by Crippen LogP contribution is 2.30. The van der Waals surface area contributed by atoms with Gasteiger partial charge in [-0.25, -0.2) is 0 Å². The molecule has 5 aromatic rings. The number of aryl methyl sites for hydroxylation is 2. The molecule has 0 atom stereocenters. The molecule has 1 N–H and O–H groups in total. The number of fused-ring (bicyclic) bond motifs is 1. The first-order valence-electron chi connectivity index (χ1n) is 9.82. The summed E-state index contributed by atoms with van der Waals surface area (Å²) >= 11 is 2.90. The molecule has 8 heteroatoms. The predicted octanol–water partition coefficient (Wildman–Crippen LogP) is 5.91. The Labute approximate surface area is 191 Å². The fourth-order valence-electron chi connectivity index (χ4n) is 3.48. The van der Waals surface area contributed by atoms with E-state index >= 15 is 0 Å². The lowest BCUT2D eigenvalue weighted by Gasteiger charge is -2.07. The number of hydrogen-bond donors (Lipinski definition) is 1. The molecule has 0 aliphatic heterocycles. The first-order valence-corrected chi connectivity index (χ1v) is 11.5. The van der Waals surface area contributed by atoms with Crippen molar-refractivity contribution >= 4 is 44.7 Å². The summed E-state index contributed by atoms with van der Waals surface area (Å²) in [7, 11) is 0. The summed E-state index contributed by atoms with van der Waals surface area (Å²) in [6.45, 7) is 3.88. The molecule has 1 amide bonds. The molecule has 0 saturated carbocycles. The number of carbonyl (C=O) groups is 1. The van der Waals surface area contributed by atoms with Gasteiger partial charge in [0.15, 0.2) is 10.4 Å². The molecule has 3 aromatic heterocycles. The average Bonchev–Trinajstić information content (AvgIpc) is 3.46. The summed E-state index contributed by atoms with van der Waals surface area (Å²) in [5, 5.41) is 14.7. The lowest BCUT2D eigenvalue weighted by atomic mass is 10.1. The minimum Gasteiger partial charge on any atom is -0.456 e. The lowest BCUT2D eigenvalue weighted by Crippen LogP contribution is -2.11. The maximum atomic E-state index is 12.6. The number of benzene rings is 2. The third kappa shape index (κ3) is 3.86. The normalized spacial score (nSPS) is 11.1. The van der Waals surface area contributed by atoms with Crippen LogP contribution in [0.15, 0.2) is 69.2 Å². The van der Waals surface area contributed by atoms with Gasteiger partial charge in [-0.15, -0.1) is 21.5 Å². The summed E-state index contributed by atoms with van der Waals surface area (Å²) in [5.74, 6) is 0.183. The van der Waals surface area contributed by atoms with Crippen molar-refractivity contribution in [1.82, 2.24) is 10.2 Å². The van der Waals surface area contributed by atoms with Crippen LogP contribution >= 0.6 is 22.7 Å². The van der Waals surface area contributed by atoms with Crippen LogP contribution in [-0.4, -0.2) is 16.1 Å². The summed E-state index contributed by atoms with van der Waals surface area (Å²) in [4.78, 5) is 26.2. The molecule has 0 bridgehead atoms. The molecule has 0 aliphatic rings. The van der Waals surface area contributed by atoms with Crippen LogP contribution in [0.4, 0.5) is 5.13 Å². The SMILES string of the molecule is Cc1cc(C)c2oc(-c3ccc(C(=O)Nc4nnc(-c5cccs5)s4)cc3)cc(=O)c2c1. The van der Waals surface area contributed by atoms with Crippen molar-refractivity contribution in [2.24, 2.45) is 0 Å². The van der Waals surface area contributed by atoms with Gasteiger partial charge in [-0.2, -0.15) is 0 Å². The van der Waals surface area contributed by atoms with E-state index in [2.05, 4.69) is 15.5 Å². The van der Waals surface area contributed by atoms with Gasteiger partial charge in [0.1, 0.15) is 11.3 Å². The van der Waals surface area contributed by atoms with Gasteiger partial charge < -0.3 is 4.42 Å². The Morgan fingerprint density at radius 3 is 2.59 bits per heavy atom. The Bertz CT molecular complexity index is 1500. The van der Waals surface area contributed by atoms with Crippen molar-refractivity contribution in [3.05, 3.63) is 86.9 Å². The number of thiophene rings is 1. The number of carbonyl (C=O) groups excluding carboxylic acids is 1. The fourth-order valence-corrected chi connectivity index (χ4v) is 5.01. The molecule has 0 saturated heterocycles. The molecule has 2 aromatic carbocycles. The fraction of sp³-hybridized carbons (Fsp3) is 0.0833. The number of aromatic nitrogens is 2. The first-order chi connectivity index (χ1) is 15.5. The molecule has 0 aliphatic carbocycles. The molecular formula is C24H17N3O3S2. The molecule has 3 heterocycles. The third-order valence-corrected chi connectivity index (χ3v) is 6.85. The first kappa shape index (κ1) is 20.3.